The number of amides is 2. The van der Waals surface area contributed by atoms with E-state index in [1.54, 1.807) is 4.90 Å². The second-order valence-corrected chi connectivity index (χ2v) is 4.30. The van der Waals surface area contributed by atoms with Crippen LogP contribution in [0.1, 0.15) is 19.3 Å². The summed E-state index contributed by atoms with van der Waals surface area (Å²) in [5.74, 6) is 0. The van der Waals surface area contributed by atoms with Gasteiger partial charge in [-0.1, -0.05) is 6.42 Å². The van der Waals surface area contributed by atoms with Gasteiger partial charge in [0, 0.05) is 32.7 Å². The molecule has 2 fully saturated rings. The van der Waals surface area contributed by atoms with Crippen molar-refractivity contribution in [3.8, 4) is 0 Å². The third-order valence-electron chi connectivity index (χ3n) is 3.16. The van der Waals surface area contributed by atoms with Crippen LogP contribution >= 0.6 is 0 Å². The van der Waals surface area contributed by atoms with Gasteiger partial charge in [0.15, 0.2) is 0 Å². The van der Waals surface area contributed by atoms with E-state index in [0.29, 0.717) is 6.04 Å². The van der Waals surface area contributed by atoms with Gasteiger partial charge >= 0.3 is 6.03 Å². The minimum absolute atomic E-state index is 0.192. The normalized spacial score (nSPS) is 28.6. The van der Waals surface area contributed by atoms with Crippen molar-refractivity contribution in [3.63, 3.8) is 0 Å². The molecule has 4 nitrogen and oxygen atoms in total. The lowest BCUT2D eigenvalue weighted by Crippen LogP contribution is -2.44. The predicted molar refractivity (Wildman–Crippen MR) is 55.2 cm³/mol. The van der Waals surface area contributed by atoms with Crippen molar-refractivity contribution in [1.29, 1.82) is 0 Å². The highest BCUT2D eigenvalue weighted by atomic mass is 16.2. The lowest BCUT2D eigenvalue weighted by molar-refractivity contribution is 0.191. The van der Waals surface area contributed by atoms with Crippen LogP contribution < -0.4 is 5.32 Å². The molecule has 2 saturated heterocycles. The minimum atomic E-state index is 0.192. The SMILES string of the molecule is CN1CCN(CC2CCCCN2)C1=O. The second kappa shape index (κ2) is 4.17. The molecule has 2 aliphatic heterocycles. The van der Waals surface area contributed by atoms with Gasteiger partial charge in [-0.15, -0.1) is 0 Å². The maximum absolute atomic E-state index is 11.6. The summed E-state index contributed by atoms with van der Waals surface area (Å²) < 4.78 is 0. The van der Waals surface area contributed by atoms with Gasteiger partial charge in [-0.2, -0.15) is 0 Å². The lowest BCUT2D eigenvalue weighted by atomic mass is 10.0. The monoisotopic (exact) mass is 197 g/mol. The first-order chi connectivity index (χ1) is 6.77. The van der Waals surface area contributed by atoms with Crippen LogP contribution in [0.4, 0.5) is 4.79 Å². The highest BCUT2D eigenvalue weighted by Crippen LogP contribution is 2.12. The van der Waals surface area contributed by atoms with Gasteiger partial charge in [0.1, 0.15) is 0 Å². The van der Waals surface area contributed by atoms with Gasteiger partial charge in [-0.3, -0.25) is 0 Å². The number of carbonyl (C=O) groups excluding carboxylic acids is 1. The first-order valence-electron chi connectivity index (χ1n) is 5.51. The molecular weight excluding hydrogens is 178 g/mol. The zero-order valence-corrected chi connectivity index (χ0v) is 8.83. The zero-order chi connectivity index (χ0) is 9.97. The van der Waals surface area contributed by atoms with E-state index in [2.05, 4.69) is 5.32 Å². The number of rotatable bonds is 2. The van der Waals surface area contributed by atoms with Gasteiger partial charge < -0.3 is 15.1 Å². The Morgan fingerprint density at radius 2 is 2.29 bits per heavy atom. The van der Waals surface area contributed by atoms with Crippen LogP contribution in [0.2, 0.25) is 0 Å². The summed E-state index contributed by atoms with van der Waals surface area (Å²) in [5.41, 5.74) is 0. The smallest absolute Gasteiger partial charge is 0.319 e. The molecule has 0 aromatic rings. The lowest BCUT2D eigenvalue weighted by Gasteiger charge is -2.27. The molecule has 0 aliphatic carbocycles. The van der Waals surface area contributed by atoms with E-state index >= 15 is 0 Å². The van der Waals surface area contributed by atoms with Crippen molar-refractivity contribution in [3.05, 3.63) is 0 Å². The molecule has 1 atom stereocenters. The Morgan fingerprint density at radius 1 is 1.43 bits per heavy atom. The quantitative estimate of drug-likeness (QED) is 0.699. The number of likely N-dealkylation sites (N-methyl/N-ethyl adjacent to an activating group) is 1. The van der Waals surface area contributed by atoms with Crippen molar-refractivity contribution in [2.75, 3.05) is 33.2 Å². The molecule has 0 spiro atoms. The third kappa shape index (κ3) is 2.00. The Hall–Kier alpha value is -0.770. The van der Waals surface area contributed by atoms with E-state index in [4.69, 9.17) is 0 Å². The van der Waals surface area contributed by atoms with Crippen LogP contribution in [0, 0.1) is 0 Å². The van der Waals surface area contributed by atoms with Crippen LogP contribution in [-0.4, -0.2) is 55.1 Å². The number of carbonyl (C=O) groups is 1. The van der Waals surface area contributed by atoms with Crippen LogP contribution in [0.15, 0.2) is 0 Å². The van der Waals surface area contributed by atoms with Crippen molar-refractivity contribution in [2.24, 2.45) is 0 Å². The summed E-state index contributed by atoms with van der Waals surface area (Å²) in [6.07, 6.45) is 3.80. The zero-order valence-electron chi connectivity index (χ0n) is 8.83. The number of nitrogens with zero attached hydrogens (tertiary/aromatic N) is 2. The fourth-order valence-corrected chi connectivity index (χ4v) is 2.22. The van der Waals surface area contributed by atoms with E-state index in [1.165, 1.54) is 19.3 Å². The molecule has 1 unspecified atom stereocenters. The Labute approximate surface area is 85.2 Å². The summed E-state index contributed by atoms with van der Waals surface area (Å²) in [5, 5.41) is 3.47. The molecule has 0 aromatic carbocycles. The van der Waals surface area contributed by atoms with Crippen molar-refractivity contribution in [2.45, 2.75) is 25.3 Å². The van der Waals surface area contributed by atoms with Gasteiger partial charge in [0.25, 0.3) is 0 Å². The van der Waals surface area contributed by atoms with E-state index in [9.17, 15) is 4.79 Å². The maximum atomic E-state index is 11.6. The molecule has 14 heavy (non-hydrogen) atoms. The number of hydrogen-bond donors (Lipinski definition) is 1. The summed E-state index contributed by atoms with van der Waals surface area (Å²) in [4.78, 5) is 15.4. The largest absolute Gasteiger partial charge is 0.326 e. The van der Waals surface area contributed by atoms with Crippen LogP contribution in [0.25, 0.3) is 0 Å². The first-order valence-corrected chi connectivity index (χ1v) is 5.51. The van der Waals surface area contributed by atoms with E-state index in [0.717, 1.165) is 26.2 Å². The summed E-state index contributed by atoms with van der Waals surface area (Å²) >= 11 is 0. The number of nitrogens with one attached hydrogen (secondary N) is 1. The Morgan fingerprint density at radius 3 is 2.86 bits per heavy atom. The fraction of sp³-hybridized carbons (Fsp3) is 0.900. The Balaban J connectivity index is 1.82. The summed E-state index contributed by atoms with van der Waals surface area (Å²) in [7, 11) is 1.87. The molecule has 2 amide bonds. The topological polar surface area (TPSA) is 35.6 Å². The van der Waals surface area contributed by atoms with E-state index in [1.807, 2.05) is 11.9 Å². The predicted octanol–water partition coefficient (Wildman–Crippen LogP) is 0.496. The summed E-state index contributed by atoms with van der Waals surface area (Å²) in [6, 6.07) is 0.719. The molecule has 0 bridgehead atoms. The average Bonchev–Trinajstić information content (AvgIpc) is 2.52. The van der Waals surface area contributed by atoms with Gasteiger partial charge in [0.05, 0.1) is 0 Å². The van der Waals surface area contributed by atoms with Crippen molar-refractivity contribution >= 4 is 6.03 Å². The highest BCUT2D eigenvalue weighted by molar-refractivity contribution is 5.76. The van der Waals surface area contributed by atoms with Gasteiger partial charge in [0.2, 0.25) is 0 Å². The molecule has 4 heteroatoms. The van der Waals surface area contributed by atoms with Crippen LogP contribution in [0.3, 0.4) is 0 Å². The van der Waals surface area contributed by atoms with E-state index in [-0.39, 0.29) is 6.03 Å². The number of urea groups is 1. The number of hydrogen-bond acceptors (Lipinski definition) is 2. The second-order valence-electron chi connectivity index (χ2n) is 4.30. The summed E-state index contributed by atoms with van der Waals surface area (Å²) in [6.45, 7) is 3.78. The molecule has 2 heterocycles. The molecule has 0 aromatic heterocycles. The van der Waals surface area contributed by atoms with Crippen LogP contribution in [-0.2, 0) is 0 Å². The maximum Gasteiger partial charge on any atom is 0.319 e. The van der Waals surface area contributed by atoms with E-state index < -0.39 is 0 Å². The Kier molecular flexibility index (Phi) is 2.91. The molecular formula is C10H19N3O. The highest BCUT2D eigenvalue weighted by Gasteiger charge is 2.27. The van der Waals surface area contributed by atoms with Gasteiger partial charge in [-0.25, -0.2) is 4.79 Å². The van der Waals surface area contributed by atoms with Crippen molar-refractivity contribution < 1.29 is 4.79 Å². The fourth-order valence-electron chi connectivity index (χ4n) is 2.22. The van der Waals surface area contributed by atoms with Crippen molar-refractivity contribution in [1.82, 2.24) is 15.1 Å². The molecule has 2 rings (SSSR count). The molecule has 0 saturated carbocycles. The first kappa shape index (κ1) is 9.77. The van der Waals surface area contributed by atoms with Crippen LogP contribution in [0.5, 0.6) is 0 Å². The third-order valence-corrected chi connectivity index (χ3v) is 3.16. The average molecular weight is 197 g/mol. The molecule has 1 N–H and O–H groups in total. The Bertz CT molecular complexity index is 213. The molecule has 80 valence electrons. The minimum Gasteiger partial charge on any atom is -0.326 e. The number of piperidine rings is 1. The standard InChI is InChI=1S/C10H19N3O/c1-12-6-7-13(10(12)14)8-9-4-2-3-5-11-9/h9,11H,2-8H2,1H3. The molecule has 0 radical (unpaired) electrons. The molecule has 2 aliphatic rings. The van der Waals surface area contributed by atoms with Gasteiger partial charge in [-0.05, 0) is 19.4 Å².